The lowest BCUT2D eigenvalue weighted by molar-refractivity contribution is -0.481. The van der Waals surface area contributed by atoms with Crippen molar-refractivity contribution >= 4 is 29.2 Å². The van der Waals surface area contributed by atoms with Crippen LogP contribution >= 0.6 is 0 Å². The molecule has 0 aliphatic carbocycles. The van der Waals surface area contributed by atoms with Gasteiger partial charge >= 0.3 is 7.12 Å². The second-order valence-corrected chi connectivity index (χ2v) is 7.19. The van der Waals surface area contributed by atoms with E-state index in [0.717, 1.165) is 33.3 Å². The Balaban J connectivity index is 1.93. The van der Waals surface area contributed by atoms with E-state index in [1.54, 1.807) is 36.4 Å². The number of anilines is 1. The smallest absolute Gasteiger partial charge is 0.423 e. The van der Waals surface area contributed by atoms with Gasteiger partial charge in [0.1, 0.15) is 0 Å². The van der Waals surface area contributed by atoms with Gasteiger partial charge in [-0.25, -0.2) is 0 Å². The van der Waals surface area contributed by atoms with Gasteiger partial charge in [-0.3, -0.25) is 10.1 Å². The third-order valence-electron chi connectivity index (χ3n) is 5.26. The van der Waals surface area contributed by atoms with Crippen LogP contribution in [0.1, 0.15) is 17.0 Å². The number of para-hydroxylation sites is 1. The number of hydrogen-bond donors (Lipinski definition) is 4. The number of hydrogen-bond acceptors (Lipinski definition) is 5. The van der Waals surface area contributed by atoms with Gasteiger partial charge in [-0.2, -0.15) is 0 Å². The molecule has 0 aliphatic rings. The van der Waals surface area contributed by atoms with Crippen molar-refractivity contribution in [3.05, 3.63) is 94.0 Å². The van der Waals surface area contributed by atoms with E-state index >= 15 is 0 Å². The molecule has 0 saturated carbocycles. The number of nitrogen functional groups attached to an aromatic ring is 1. The van der Waals surface area contributed by atoms with Gasteiger partial charge in [-0.1, -0.05) is 54.6 Å². The van der Waals surface area contributed by atoms with Crippen molar-refractivity contribution < 1.29 is 15.0 Å². The Morgan fingerprint density at radius 3 is 2.30 bits per heavy atom. The van der Waals surface area contributed by atoms with E-state index in [0.29, 0.717) is 11.2 Å². The van der Waals surface area contributed by atoms with Crippen molar-refractivity contribution in [1.82, 2.24) is 4.98 Å². The summed E-state index contributed by atoms with van der Waals surface area (Å²) in [5.41, 5.74) is 10.9. The van der Waals surface area contributed by atoms with E-state index in [-0.39, 0.29) is 11.5 Å². The highest BCUT2D eigenvalue weighted by atomic mass is 16.6. The topological polar surface area (TPSA) is 125 Å². The summed E-state index contributed by atoms with van der Waals surface area (Å²) in [6.07, 6.45) is 0. The molecule has 0 spiro atoms. The van der Waals surface area contributed by atoms with Crippen molar-refractivity contribution in [3.63, 3.8) is 0 Å². The van der Waals surface area contributed by atoms with Crippen LogP contribution in [0.25, 0.3) is 22.2 Å². The van der Waals surface area contributed by atoms with Crippen molar-refractivity contribution in [2.24, 2.45) is 0 Å². The van der Waals surface area contributed by atoms with E-state index in [9.17, 15) is 20.2 Å². The Kier molecular flexibility index (Phi) is 5.26. The molecule has 7 nitrogen and oxygen atoms in total. The Labute approximate surface area is 173 Å². The standard InChI is InChI=1S/C22H20BN3O4/c24-17-11-7-15(8-12-17)22-21(18-3-1-2-4-20(18)25-22)19(13-26(29)30)14-5-9-16(10-6-14)23(27)28/h1-12,19,25,27-28H,13,24H2. The van der Waals surface area contributed by atoms with Crippen LogP contribution < -0.4 is 11.2 Å². The van der Waals surface area contributed by atoms with Gasteiger partial charge in [0.25, 0.3) is 0 Å². The molecule has 4 aromatic rings. The first-order chi connectivity index (χ1) is 14.4. The average Bonchev–Trinajstić information content (AvgIpc) is 3.12. The van der Waals surface area contributed by atoms with Crippen LogP contribution in [0.5, 0.6) is 0 Å². The maximum atomic E-state index is 11.6. The first-order valence-electron chi connectivity index (χ1n) is 9.48. The number of benzene rings is 3. The molecule has 150 valence electrons. The highest BCUT2D eigenvalue weighted by molar-refractivity contribution is 6.58. The van der Waals surface area contributed by atoms with Crippen LogP contribution in [0.2, 0.25) is 0 Å². The number of nitro groups is 1. The lowest BCUT2D eigenvalue weighted by Gasteiger charge is -2.16. The zero-order valence-corrected chi connectivity index (χ0v) is 16.0. The van der Waals surface area contributed by atoms with E-state index in [1.807, 2.05) is 36.4 Å². The van der Waals surface area contributed by atoms with Crippen LogP contribution in [0.15, 0.2) is 72.8 Å². The Morgan fingerprint density at radius 1 is 1.00 bits per heavy atom. The minimum Gasteiger partial charge on any atom is -0.423 e. The molecular weight excluding hydrogens is 381 g/mol. The quantitative estimate of drug-likeness (QED) is 0.171. The minimum absolute atomic E-state index is 0.301. The van der Waals surface area contributed by atoms with Crippen LogP contribution in [-0.4, -0.2) is 33.6 Å². The van der Waals surface area contributed by atoms with Gasteiger partial charge in [0.05, 0.1) is 11.6 Å². The van der Waals surface area contributed by atoms with Gasteiger partial charge in [0.15, 0.2) is 0 Å². The van der Waals surface area contributed by atoms with Gasteiger partial charge in [-0.05, 0) is 40.4 Å². The molecule has 0 saturated heterocycles. The summed E-state index contributed by atoms with van der Waals surface area (Å²) in [7, 11) is -1.59. The van der Waals surface area contributed by atoms with Gasteiger partial charge < -0.3 is 20.8 Å². The number of nitrogens with zero attached hydrogens (tertiary/aromatic N) is 1. The van der Waals surface area contributed by atoms with Crippen LogP contribution in [0, 0.1) is 10.1 Å². The predicted molar refractivity (Wildman–Crippen MR) is 118 cm³/mol. The summed E-state index contributed by atoms with van der Waals surface area (Å²) >= 11 is 0. The number of H-pyrrole nitrogens is 1. The molecule has 0 amide bonds. The van der Waals surface area contributed by atoms with Crippen LogP contribution in [0.4, 0.5) is 5.69 Å². The molecular formula is C22H20BN3O4. The molecule has 0 radical (unpaired) electrons. The van der Waals surface area contributed by atoms with Crippen molar-refractivity contribution in [2.75, 3.05) is 12.3 Å². The molecule has 1 unspecified atom stereocenters. The first-order valence-corrected chi connectivity index (χ1v) is 9.48. The fourth-order valence-corrected chi connectivity index (χ4v) is 3.82. The monoisotopic (exact) mass is 401 g/mol. The zero-order valence-electron chi connectivity index (χ0n) is 16.0. The molecule has 4 rings (SSSR count). The zero-order chi connectivity index (χ0) is 21.3. The molecule has 1 heterocycles. The predicted octanol–water partition coefficient (Wildman–Crippen LogP) is 2.51. The number of rotatable bonds is 6. The largest absolute Gasteiger partial charge is 0.488 e. The van der Waals surface area contributed by atoms with Gasteiger partial charge in [0.2, 0.25) is 6.54 Å². The number of aromatic amines is 1. The summed E-state index contributed by atoms with van der Waals surface area (Å²) in [4.78, 5) is 14.7. The van der Waals surface area contributed by atoms with E-state index in [4.69, 9.17) is 5.73 Å². The van der Waals surface area contributed by atoms with Crippen LogP contribution in [-0.2, 0) is 0 Å². The summed E-state index contributed by atoms with van der Waals surface area (Å²) in [6, 6.07) is 21.6. The minimum atomic E-state index is -1.59. The first kappa shape index (κ1) is 19.7. The van der Waals surface area contributed by atoms with E-state index < -0.39 is 13.0 Å². The fourth-order valence-electron chi connectivity index (χ4n) is 3.82. The van der Waals surface area contributed by atoms with Crippen molar-refractivity contribution in [1.29, 1.82) is 0 Å². The Morgan fingerprint density at radius 2 is 1.67 bits per heavy atom. The SMILES string of the molecule is Nc1ccc(-c2[nH]c3ccccc3c2C(C[N+](=O)[O-])c2ccc(B(O)O)cc2)cc1. The molecule has 3 aromatic carbocycles. The lowest BCUT2D eigenvalue weighted by atomic mass is 9.78. The normalized spacial score (nSPS) is 12.1. The number of fused-ring (bicyclic) bond motifs is 1. The molecule has 0 fully saturated rings. The summed E-state index contributed by atoms with van der Waals surface area (Å²) in [5, 5.41) is 31.2. The molecule has 0 bridgehead atoms. The van der Waals surface area contributed by atoms with Gasteiger partial charge in [0, 0.05) is 21.5 Å². The van der Waals surface area contributed by atoms with E-state index in [2.05, 4.69) is 4.98 Å². The third kappa shape index (κ3) is 3.78. The summed E-state index contributed by atoms with van der Waals surface area (Å²) in [5.74, 6) is -0.534. The summed E-state index contributed by atoms with van der Waals surface area (Å²) < 4.78 is 0. The third-order valence-corrected chi connectivity index (χ3v) is 5.26. The Hall–Kier alpha value is -3.62. The number of nitrogens with one attached hydrogen (secondary N) is 1. The highest BCUT2D eigenvalue weighted by Crippen LogP contribution is 2.39. The maximum absolute atomic E-state index is 11.6. The molecule has 8 heteroatoms. The highest BCUT2D eigenvalue weighted by Gasteiger charge is 2.27. The van der Waals surface area contributed by atoms with E-state index in [1.165, 1.54) is 0 Å². The second-order valence-electron chi connectivity index (χ2n) is 7.19. The molecule has 5 N–H and O–H groups in total. The molecule has 1 aromatic heterocycles. The Bertz CT molecular complexity index is 1190. The average molecular weight is 401 g/mol. The number of aromatic nitrogens is 1. The second kappa shape index (κ2) is 8.02. The molecule has 0 aliphatic heterocycles. The molecule has 1 atom stereocenters. The molecule has 30 heavy (non-hydrogen) atoms. The van der Waals surface area contributed by atoms with Crippen LogP contribution in [0.3, 0.4) is 0 Å². The summed E-state index contributed by atoms with van der Waals surface area (Å²) in [6.45, 7) is -0.301. The van der Waals surface area contributed by atoms with Crippen molar-refractivity contribution in [2.45, 2.75) is 5.92 Å². The number of nitrogens with two attached hydrogens (primary N) is 1. The van der Waals surface area contributed by atoms with Gasteiger partial charge in [-0.15, -0.1) is 0 Å². The maximum Gasteiger partial charge on any atom is 0.488 e. The fraction of sp³-hybridized carbons (Fsp3) is 0.0909. The van der Waals surface area contributed by atoms with Crippen molar-refractivity contribution in [3.8, 4) is 11.3 Å². The lowest BCUT2D eigenvalue weighted by Crippen LogP contribution is -2.29.